The van der Waals surface area contributed by atoms with Gasteiger partial charge in [0.2, 0.25) is 0 Å². The van der Waals surface area contributed by atoms with E-state index in [1.807, 2.05) is 16.8 Å². The number of nitrogens with two attached hydrogens (primary N) is 1. The number of nitrogens with zero attached hydrogens (tertiary/aromatic N) is 4. The molecule has 0 aromatic carbocycles. The molecule has 130 valence electrons. The Balaban J connectivity index is 1.91. The first kappa shape index (κ1) is 16.4. The molecular weight excluding hydrogens is 354 g/mol. The second-order valence-electron chi connectivity index (χ2n) is 5.94. The number of aliphatic hydroxyl groups is 1. The van der Waals surface area contributed by atoms with Gasteiger partial charge < -0.3 is 15.4 Å². The Kier molecular flexibility index (Phi) is 4.41. The van der Waals surface area contributed by atoms with Crippen LogP contribution < -0.4 is 5.73 Å². The lowest BCUT2D eigenvalue weighted by Gasteiger charge is -2.08. The zero-order chi connectivity index (χ0) is 17.4. The number of thiophene rings is 1. The molecule has 4 aromatic rings. The van der Waals surface area contributed by atoms with Crippen LogP contribution in [0.4, 0.5) is 5.82 Å². The van der Waals surface area contributed by atoms with E-state index in [9.17, 15) is 5.11 Å². The summed E-state index contributed by atoms with van der Waals surface area (Å²) in [5, 5.41) is 14.2. The Bertz CT molecular complexity index is 1030. The number of rotatable bonds is 6. The van der Waals surface area contributed by atoms with Gasteiger partial charge in [0, 0.05) is 11.8 Å². The second-order valence-corrected chi connectivity index (χ2v) is 7.80. The average Bonchev–Trinajstić information content (AvgIpc) is 3.32. The molecule has 0 aliphatic rings. The van der Waals surface area contributed by atoms with Crippen LogP contribution in [-0.2, 0) is 19.6 Å². The smallest absolute Gasteiger partial charge is 0.152 e. The Morgan fingerprint density at radius 3 is 2.88 bits per heavy atom. The van der Waals surface area contributed by atoms with Crippen molar-refractivity contribution in [3.05, 3.63) is 33.4 Å². The molecule has 0 unspecified atom stereocenters. The van der Waals surface area contributed by atoms with Crippen LogP contribution >= 0.6 is 22.7 Å². The topological polar surface area (TPSA) is 89.9 Å². The van der Waals surface area contributed by atoms with E-state index in [0.717, 1.165) is 51.3 Å². The number of fused-ring (bicyclic) bond motifs is 3. The minimum atomic E-state index is -0.0318. The van der Waals surface area contributed by atoms with Crippen LogP contribution in [0.5, 0.6) is 0 Å². The maximum atomic E-state index is 9.27. The number of aryl methyl sites for hydroxylation is 1. The third kappa shape index (κ3) is 2.90. The lowest BCUT2D eigenvalue weighted by Crippen LogP contribution is -2.05. The van der Waals surface area contributed by atoms with Crippen LogP contribution in [0.15, 0.2) is 16.8 Å². The Hall–Kier alpha value is -2.03. The van der Waals surface area contributed by atoms with Crippen molar-refractivity contribution in [3.63, 3.8) is 0 Å². The minimum absolute atomic E-state index is 0.0318. The van der Waals surface area contributed by atoms with E-state index in [4.69, 9.17) is 10.7 Å². The molecular formula is C17H19N5OS2. The average molecular weight is 374 g/mol. The van der Waals surface area contributed by atoms with E-state index in [-0.39, 0.29) is 6.61 Å². The number of aliphatic hydroxyl groups excluding tert-OH is 1. The van der Waals surface area contributed by atoms with Gasteiger partial charge in [-0.15, -0.1) is 22.7 Å². The molecule has 0 atom stereocenters. The maximum absolute atomic E-state index is 9.27. The zero-order valence-electron chi connectivity index (χ0n) is 13.9. The van der Waals surface area contributed by atoms with Crippen LogP contribution in [0.1, 0.15) is 36.3 Å². The van der Waals surface area contributed by atoms with Gasteiger partial charge in [-0.25, -0.2) is 15.0 Å². The summed E-state index contributed by atoms with van der Waals surface area (Å²) in [6.45, 7) is 2.78. The quantitative estimate of drug-likeness (QED) is 0.539. The van der Waals surface area contributed by atoms with Crippen LogP contribution in [0.25, 0.3) is 21.3 Å². The number of hydrogen-bond donors (Lipinski definition) is 2. The highest BCUT2D eigenvalue weighted by molar-refractivity contribution is 7.18. The largest absolute Gasteiger partial charge is 0.390 e. The van der Waals surface area contributed by atoms with E-state index in [1.165, 1.54) is 0 Å². The summed E-state index contributed by atoms with van der Waals surface area (Å²) in [7, 11) is 0. The third-order valence-electron chi connectivity index (χ3n) is 4.20. The predicted octanol–water partition coefficient (Wildman–Crippen LogP) is 3.57. The molecule has 0 spiro atoms. The van der Waals surface area contributed by atoms with Crippen molar-refractivity contribution in [1.82, 2.24) is 19.5 Å². The lowest BCUT2D eigenvalue weighted by atomic mass is 10.2. The lowest BCUT2D eigenvalue weighted by molar-refractivity contribution is 0.277. The fourth-order valence-electron chi connectivity index (χ4n) is 2.98. The predicted molar refractivity (Wildman–Crippen MR) is 103 cm³/mol. The van der Waals surface area contributed by atoms with Crippen LogP contribution in [0.2, 0.25) is 0 Å². The van der Waals surface area contributed by atoms with Crippen molar-refractivity contribution in [2.24, 2.45) is 0 Å². The van der Waals surface area contributed by atoms with Crippen molar-refractivity contribution >= 4 is 49.7 Å². The van der Waals surface area contributed by atoms with Crippen LogP contribution in [0, 0.1) is 0 Å². The van der Waals surface area contributed by atoms with E-state index >= 15 is 0 Å². The van der Waals surface area contributed by atoms with Crippen molar-refractivity contribution in [3.8, 4) is 0 Å². The van der Waals surface area contributed by atoms with Gasteiger partial charge in [0.15, 0.2) is 5.82 Å². The molecule has 8 heteroatoms. The minimum Gasteiger partial charge on any atom is -0.390 e. The maximum Gasteiger partial charge on any atom is 0.152 e. The molecule has 4 heterocycles. The monoisotopic (exact) mass is 373 g/mol. The number of pyridine rings is 1. The molecule has 0 saturated heterocycles. The molecule has 0 radical (unpaired) electrons. The van der Waals surface area contributed by atoms with Crippen LogP contribution in [-0.4, -0.2) is 24.6 Å². The fourth-order valence-corrected chi connectivity index (χ4v) is 4.64. The normalized spacial score (nSPS) is 11.8. The standard InChI is InChI=1S/C17H19N5OS2/c1-2-3-4-12-21-14-15(16-11(5-6-24-16)20-17(14)18)22(12)7-13-19-10(8-23)9-25-13/h5-6,9,23H,2-4,7-8H2,1H3,(H2,18,20). The summed E-state index contributed by atoms with van der Waals surface area (Å²) in [5.74, 6) is 1.50. The molecule has 3 N–H and O–H groups in total. The number of aromatic nitrogens is 4. The molecule has 0 saturated carbocycles. The number of nitrogen functional groups attached to an aromatic ring is 1. The first-order chi connectivity index (χ1) is 12.2. The zero-order valence-corrected chi connectivity index (χ0v) is 15.5. The number of anilines is 1. The molecule has 0 fully saturated rings. The summed E-state index contributed by atoms with van der Waals surface area (Å²) < 4.78 is 3.33. The first-order valence-corrected chi connectivity index (χ1v) is 10.0. The van der Waals surface area contributed by atoms with Crippen molar-refractivity contribution in [2.45, 2.75) is 39.3 Å². The molecule has 25 heavy (non-hydrogen) atoms. The van der Waals surface area contributed by atoms with E-state index in [2.05, 4.69) is 21.5 Å². The molecule has 0 amide bonds. The molecule has 0 aliphatic heterocycles. The Morgan fingerprint density at radius 1 is 1.24 bits per heavy atom. The van der Waals surface area contributed by atoms with Gasteiger partial charge in [-0.3, -0.25) is 0 Å². The number of imidazole rings is 1. The second kappa shape index (κ2) is 6.70. The van der Waals surface area contributed by atoms with Gasteiger partial charge in [-0.2, -0.15) is 0 Å². The molecule has 4 aromatic heterocycles. The van der Waals surface area contributed by atoms with Gasteiger partial charge in [-0.05, 0) is 17.9 Å². The Morgan fingerprint density at radius 2 is 2.12 bits per heavy atom. The molecule has 4 rings (SSSR count). The molecule has 0 aliphatic carbocycles. The van der Waals surface area contributed by atoms with Crippen molar-refractivity contribution in [1.29, 1.82) is 0 Å². The number of thiazole rings is 1. The number of unbranched alkanes of at least 4 members (excludes halogenated alkanes) is 1. The van der Waals surface area contributed by atoms with Crippen LogP contribution in [0.3, 0.4) is 0 Å². The van der Waals surface area contributed by atoms with Gasteiger partial charge >= 0.3 is 0 Å². The van der Waals surface area contributed by atoms with Crippen molar-refractivity contribution < 1.29 is 5.11 Å². The van der Waals surface area contributed by atoms with Crippen molar-refractivity contribution in [2.75, 3.05) is 5.73 Å². The fraction of sp³-hybridized carbons (Fsp3) is 0.353. The highest BCUT2D eigenvalue weighted by Crippen LogP contribution is 2.33. The summed E-state index contributed by atoms with van der Waals surface area (Å²) in [5.41, 5.74) is 9.63. The van der Waals surface area contributed by atoms with Gasteiger partial charge in [-0.1, -0.05) is 13.3 Å². The number of hydrogen-bond acceptors (Lipinski definition) is 7. The van der Waals surface area contributed by atoms with E-state index in [1.54, 1.807) is 22.7 Å². The Labute approximate surface area is 153 Å². The molecule has 6 nitrogen and oxygen atoms in total. The summed E-state index contributed by atoms with van der Waals surface area (Å²) >= 11 is 3.22. The summed E-state index contributed by atoms with van der Waals surface area (Å²) in [6, 6.07) is 1.99. The van der Waals surface area contributed by atoms with Gasteiger partial charge in [0.1, 0.15) is 16.3 Å². The third-order valence-corrected chi connectivity index (χ3v) is 5.99. The molecule has 0 bridgehead atoms. The highest BCUT2D eigenvalue weighted by Gasteiger charge is 2.19. The first-order valence-electron chi connectivity index (χ1n) is 8.27. The van der Waals surface area contributed by atoms with Gasteiger partial charge in [0.05, 0.1) is 34.6 Å². The summed E-state index contributed by atoms with van der Waals surface area (Å²) in [6.07, 6.45) is 3.08. The SMILES string of the molecule is CCCCc1nc2c(N)nc3ccsc3c2n1Cc1nc(CO)cs1. The van der Waals surface area contributed by atoms with E-state index in [0.29, 0.717) is 18.1 Å². The summed E-state index contributed by atoms with van der Waals surface area (Å²) in [4.78, 5) is 13.8. The highest BCUT2D eigenvalue weighted by atomic mass is 32.1. The van der Waals surface area contributed by atoms with Gasteiger partial charge in [0.25, 0.3) is 0 Å². The van der Waals surface area contributed by atoms with E-state index < -0.39 is 0 Å².